The fourth-order valence-corrected chi connectivity index (χ4v) is 3.64. The molecule has 136 valence electrons. The van der Waals surface area contributed by atoms with E-state index in [1.807, 2.05) is 6.07 Å². The number of nitrogens with one attached hydrogen (secondary N) is 2. The van der Waals surface area contributed by atoms with Crippen LogP contribution in [0.3, 0.4) is 0 Å². The average molecular weight is 371 g/mol. The van der Waals surface area contributed by atoms with Crippen LogP contribution in [-0.2, 0) is 6.42 Å². The molecule has 1 fully saturated rings. The Hall–Kier alpha value is -2.08. The minimum absolute atomic E-state index is 0.112. The number of benzene rings is 2. The zero-order chi connectivity index (χ0) is 18.1. The van der Waals surface area contributed by atoms with Crippen molar-refractivity contribution in [1.29, 1.82) is 0 Å². The highest BCUT2D eigenvalue weighted by molar-refractivity contribution is 6.31. The molecule has 4 rings (SSSR count). The lowest BCUT2D eigenvalue weighted by Crippen LogP contribution is -2.45. The SMILES string of the molecule is CN1CCN(CCc2ccc3c(c2)NC(=O)c2ccc(Cl)cc2N3)CC1. The molecule has 2 aromatic carbocycles. The molecule has 2 aliphatic heterocycles. The molecule has 0 unspecified atom stereocenters. The van der Waals surface area contributed by atoms with Gasteiger partial charge in [0.15, 0.2) is 0 Å². The van der Waals surface area contributed by atoms with Gasteiger partial charge >= 0.3 is 0 Å². The summed E-state index contributed by atoms with van der Waals surface area (Å²) < 4.78 is 0. The lowest BCUT2D eigenvalue weighted by molar-refractivity contribution is 0.102. The normalized spacial score (nSPS) is 17.7. The number of piperazine rings is 1. The van der Waals surface area contributed by atoms with Gasteiger partial charge in [-0.15, -0.1) is 0 Å². The predicted molar refractivity (Wildman–Crippen MR) is 107 cm³/mol. The number of anilines is 3. The Balaban J connectivity index is 1.49. The van der Waals surface area contributed by atoms with Crippen molar-refractivity contribution in [3.05, 3.63) is 52.5 Å². The van der Waals surface area contributed by atoms with Crippen LogP contribution in [0.2, 0.25) is 5.02 Å². The van der Waals surface area contributed by atoms with Crippen molar-refractivity contribution < 1.29 is 4.79 Å². The van der Waals surface area contributed by atoms with E-state index in [0.29, 0.717) is 10.6 Å². The Bertz CT molecular complexity index is 831. The lowest BCUT2D eigenvalue weighted by atomic mass is 10.1. The van der Waals surface area contributed by atoms with E-state index in [1.54, 1.807) is 18.2 Å². The molecule has 1 saturated heterocycles. The molecule has 0 radical (unpaired) electrons. The molecule has 5 nitrogen and oxygen atoms in total. The molecule has 0 aromatic heterocycles. The molecule has 1 amide bonds. The van der Waals surface area contributed by atoms with Gasteiger partial charge in [-0.2, -0.15) is 0 Å². The Morgan fingerprint density at radius 2 is 1.77 bits per heavy atom. The highest BCUT2D eigenvalue weighted by Gasteiger charge is 2.20. The second-order valence-corrected chi connectivity index (χ2v) is 7.48. The summed E-state index contributed by atoms with van der Waals surface area (Å²) >= 11 is 6.07. The third-order valence-electron chi connectivity index (χ3n) is 5.14. The summed E-state index contributed by atoms with van der Waals surface area (Å²) in [5, 5.41) is 6.95. The smallest absolute Gasteiger partial charge is 0.257 e. The summed E-state index contributed by atoms with van der Waals surface area (Å²) in [6.45, 7) is 5.55. The summed E-state index contributed by atoms with van der Waals surface area (Å²) in [6, 6.07) is 11.5. The van der Waals surface area contributed by atoms with Crippen molar-refractivity contribution in [1.82, 2.24) is 9.80 Å². The van der Waals surface area contributed by atoms with Gasteiger partial charge in [0.2, 0.25) is 0 Å². The molecule has 2 N–H and O–H groups in total. The molecule has 0 saturated carbocycles. The molecule has 2 aromatic rings. The average Bonchev–Trinajstić information content (AvgIpc) is 2.76. The number of hydrogen-bond acceptors (Lipinski definition) is 4. The van der Waals surface area contributed by atoms with E-state index in [9.17, 15) is 4.79 Å². The Morgan fingerprint density at radius 1 is 0.962 bits per heavy atom. The van der Waals surface area contributed by atoms with E-state index in [4.69, 9.17) is 11.6 Å². The van der Waals surface area contributed by atoms with Crippen LogP contribution in [0.25, 0.3) is 0 Å². The molecule has 2 heterocycles. The zero-order valence-corrected chi connectivity index (χ0v) is 15.6. The van der Waals surface area contributed by atoms with Gasteiger partial charge in [-0.25, -0.2) is 0 Å². The van der Waals surface area contributed by atoms with Crippen molar-refractivity contribution in [3.8, 4) is 0 Å². The van der Waals surface area contributed by atoms with Crippen LogP contribution in [-0.4, -0.2) is 55.5 Å². The van der Waals surface area contributed by atoms with Crippen molar-refractivity contribution in [2.75, 3.05) is 50.4 Å². The fourth-order valence-electron chi connectivity index (χ4n) is 3.47. The zero-order valence-electron chi connectivity index (χ0n) is 14.9. The molecule has 0 spiro atoms. The van der Waals surface area contributed by atoms with Crippen LogP contribution in [0.15, 0.2) is 36.4 Å². The highest BCUT2D eigenvalue weighted by Crippen LogP contribution is 2.34. The largest absolute Gasteiger partial charge is 0.353 e. The maximum Gasteiger partial charge on any atom is 0.257 e. The van der Waals surface area contributed by atoms with Crippen molar-refractivity contribution in [2.24, 2.45) is 0 Å². The summed E-state index contributed by atoms with van der Waals surface area (Å²) in [4.78, 5) is 17.4. The van der Waals surface area contributed by atoms with Crippen molar-refractivity contribution >= 4 is 34.6 Å². The van der Waals surface area contributed by atoms with Gasteiger partial charge in [0.1, 0.15) is 0 Å². The van der Waals surface area contributed by atoms with E-state index < -0.39 is 0 Å². The molecule has 6 heteroatoms. The summed E-state index contributed by atoms with van der Waals surface area (Å²) in [6.07, 6.45) is 0.978. The quantitative estimate of drug-likeness (QED) is 0.868. The molecule has 26 heavy (non-hydrogen) atoms. The number of hydrogen-bond donors (Lipinski definition) is 2. The van der Waals surface area contributed by atoms with E-state index in [2.05, 4.69) is 39.6 Å². The van der Waals surface area contributed by atoms with E-state index in [1.165, 1.54) is 5.56 Å². The minimum Gasteiger partial charge on any atom is -0.353 e. The number of rotatable bonds is 3. The monoisotopic (exact) mass is 370 g/mol. The van der Waals surface area contributed by atoms with Crippen molar-refractivity contribution in [3.63, 3.8) is 0 Å². The maximum absolute atomic E-state index is 12.5. The van der Waals surface area contributed by atoms with Crippen LogP contribution in [0, 0.1) is 0 Å². The maximum atomic E-state index is 12.5. The Kier molecular flexibility index (Phi) is 4.85. The number of nitrogens with zero attached hydrogens (tertiary/aromatic N) is 2. The molecule has 0 bridgehead atoms. The van der Waals surface area contributed by atoms with Crippen LogP contribution >= 0.6 is 11.6 Å². The van der Waals surface area contributed by atoms with Crippen LogP contribution in [0.4, 0.5) is 17.1 Å². The van der Waals surface area contributed by atoms with E-state index in [0.717, 1.165) is 56.2 Å². The molecule has 2 aliphatic rings. The number of carbonyl (C=O) groups excluding carboxylic acids is 1. The number of carbonyl (C=O) groups is 1. The van der Waals surface area contributed by atoms with Gasteiger partial charge in [-0.05, 0) is 49.4 Å². The first kappa shape index (κ1) is 17.3. The molecule has 0 aliphatic carbocycles. The van der Waals surface area contributed by atoms with Gasteiger partial charge in [0, 0.05) is 37.7 Å². The van der Waals surface area contributed by atoms with Crippen LogP contribution < -0.4 is 10.6 Å². The van der Waals surface area contributed by atoms with Crippen LogP contribution in [0.1, 0.15) is 15.9 Å². The second-order valence-electron chi connectivity index (χ2n) is 7.04. The van der Waals surface area contributed by atoms with Gasteiger partial charge in [-0.3, -0.25) is 4.79 Å². The van der Waals surface area contributed by atoms with Gasteiger partial charge < -0.3 is 20.4 Å². The van der Waals surface area contributed by atoms with E-state index in [-0.39, 0.29) is 5.91 Å². The summed E-state index contributed by atoms with van der Waals surface area (Å²) in [5.74, 6) is -0.112. The Morgan fingerprint density at radius 3 is 2.58 bits per heavy atom. The molecular formula is C20H23ClN4O. The van der Waals surface area contributed by atoms with Crippen LogP contribution in [0.5, 0.6) is 0 Å². The fraction of sp³-hybridized carbons (Fsp3) is 0.350. The first-order chi connectivity index (χ1) is 12.6. The molecular weight excluding hydrogens is 348 g/mol. The topological polar surface area (TPSA) is 47.6 Å². The van der Waals surface area contributed by atoms with Gasteiger partial charge in [0.25, 0.3) is 5.91 Å². The van der Waals surface area contributed by atoms with Gasteiger partial charge in [0.05, 0.1) is 22.6 Å². The summed E-state index contributed by atoms with van der Waals surface area (Å²) in [7, 11) is 2.17. The summed E-state index contributed by atoms with van der Waals surface area (Å²) in [5.41, 5.74) is 4.28. The lowest BCUT2D eigenvalue weighted by Gasteiger charge is -2.32. The first-order valence-electron chi connectivity index (χ1n) is 9.00. The number of likely N-dealkylation sites (N-methyl/N-ethyl adjacent to an activating group) is 1. The highest BCUT2D eigenvalue weighted by atomic mass is 35.5. The van der Waals surface area contributed by atoms with Crippen molar-refractivity contribution in [2.45, 2.75) is 6.42 Å². The van der Waals surface area contributed by atoms with Gasteiger partial charge in [-0.1, -0.05) is 17.7 Å². The third-order valence-corrected chi connectivity index (χ3v) is 5.38. The Labute approximate surface area is 158 Å². The third kappa shape index (κ3) is 3.70. The van der Waals surface area contributed by atoms with E-state index >= 15 is 0 Å². The second kappa shape index (κ2) is 7.27. The minimum atomic E-state index is -0.112. The standard InChI is InChI=1S/C20H23ClN4O/c1-24-8-10-25(11-9-24)7-6-14-2-5-17-19(12-14)23-20(26)16-4-3-15(21)13-18(16)22-17/h2-5,12-13,22H,6-11H2,1H3,(H,23,26). The molecule has 0 atom stereocenters. The first-order valence-corrected chi connectivity index (χ1v) is 9.38. The number of fused-ring (bicyclic) bond motifs is 2. The number of amides is 1. The number of halogens is 1. The predicted octanol–water partition coefficient (Wildman–Crippen LogP) is 3.44.